The number of methoxy groups -OCH3 is 1. The maximum absolute atomic E-state index is 12.7. The van der Waals surface area contributed by atoms with Gasteiger partial charge in [0, 0.05) is 62.5 Å². The highest BCUT2D eigenvalue weighted by molar-refractivity contribution is 6.15. The van der Waals surface area contributed by atoms with Gasteiger partial charge in [-0.05, 0) is 61.6 Å². The number of ketones is 1. The fraction of sp³-hybridized carbons (Fsp3) is 0.400. The average Bonchev–Trinajstić information content (AvgIpc) is 3.07. The standard InChI is InChI=1S/C25H31N3O2/c1-26(2)10-11-27-12-14-28(15-13-27)22-6-4-19(5-7-22)16-21-17-20-18-23(30-3)8-9-24(20)25(21)29/h4-9,16,18H,10-15,17H2,1-3H3/b21-16-. The number of ether oxygens (including phenoxy) is 1. The van der Waals surface area contributed by atoms with E-state index in [2.05, 4.69) is 53.1 Å². The van der Waals surface area contributed by atoms with Crippen molar-refractivity contribution in [2.45, 2.75) is 6.42 Å². The zero-order chi connectivity index (χ0) is 21.1. The lowest BCUT2D eigenvalue weighted by Gasteiger charge is -2.36. The Kier molecular flexibility index (Phi) is 6.21. The first-order chi connectivity index (χ1) is 14.5. The molecule has 0 radical (unpaired) electrons. The van der Waals surface area contributed by atoms with Crippen LogP contribution in [0.1, 0.15) is 21.5 Å². The Morgan fingerprint density at radius 3 is 2.43 bits per heavy atom. The molecule has 30 heavy (non-hydrogen) atoms. The van der Waals surface area contributed by atoms with Crippen LogP contribution in [0.4, 0.5) is 5.69 Å². The zero-order valence-corrected chi connectivity index (χ0v) is 18.2. The lowest BCUT2D eigenvalue weighted by molar-refractivity contribution is 0.104. The second kappa shape index (κ2) is 9.02. The second-order valence-corrected chi connectivity index (χ2v) is 8.42. The van der Waals surface area contributed by atoms with Gasteiger partial charge in [0.05, 0.1) is 7.11 Å². The molecule has 5 heteroatoms. The fourth-order valence-corrected chi connectivity index (χ4v) is 4.19. The number of carbonyl (C=O) groups excluding carboxylic acids is 1. The van der Waals surface area contributed by atoms with E-state index < -0.39 is 0 Å². The fourth-order valence-electron chi connectivity index (χ4n) is 4.19. The van der Waals surface area contributed by atoms with Crippen molar-refractivity contribution in [3.63, 3.8) is 0 Å². The summed E-state index contributed by atoms with van der Waals surface area (Å²) in [6, 6.07) is 14.3. The van der Waals surface area contributed by atoms with Crippen LogP contribution in [0.5, 0.6) is 5.75 Å². The highest BCUT2D eigenvalue weighted by atomic mass is 16.5. The highest BCUT2D eigenvalue weighted by Gasteiger charge is 2.25. The van der Waals surface area contributed by atoms with E-state index in [1.165, 1.54) is 5.69 Å². The quantitative estimate of drug-likeness (QED) is 0.690. The first kappa shape index (κ1) is 20.6. The molecule has 1 heterocycles. The van der Waals surface area contributed by atoms with Crippen molar-refractivity contribution in [3.05, 3.63) is 64.7 Å². The summed E-state index contributed by atoms with van der Waals surface area (Å²) in [4.78, 5) is 19.9. The molecule has 0 N–H and O–H groups in total. The molecule has 1 aliphatic heterocycles. The summed E-state index contributed by atoms with van der Waals surface area (Å²) in [7, 11) is 5.91. The Balaban J connectivity index is 1.38. The number of hydrogen-bond donors (Lipinski definition) is 0. The van der Waals surface area contributed by atoms with Gasteiger partial charge in [-0.15, -0.1) is 0 Å². The number of rotatable bonds is 6. The second-order valence-electron chi connectivity index (χ2n) is 8.42. The molecule has 0 saturated carbocycles. The molecule has 0 aromatic heterocycles. The minimum atomic E-state index is 0.130. The predicted octanol–water partition coefficient (Wildman–Crippen LogP) is 3.20. The van der Waals surface area contributed by atoms with Crippen LogP contribution in [-0.2, 0) is 6.42 Å². The van der Waals surface area contributed by atoms with E-state index in [1.54, 1.807) is 7.11 Å². The topological polar surface area (TPSA) is 36.0 Å². The summed E-state index contributed by atoms with van der Waals surface area (Å²) in [6.45, 7) is 6.58. The number of anilines is 1. The molecule has 4 rings (SSSR count). The number of benzene rings is 2. The Bertz CT molecular complexity index is 926. The summed E-state index contributed by atoms with van der Waals surface area (Å²) in [5, 5.41) is 0. The molecule has 0 bridgehead atoms. The molecule has 1 aliphatic carbocycles. The van der Waals surface area contributed by atoms with Gasteiger partial charge in [0.2, 0.25) is 0 Å². The van der Waals surface area contributed by atoms with E-state index in [0.717, 1.165) is 67.3 Å². The Labute approximate surface area is 179 Å². The van der Waals surface area contributed by atoms with Crippen LogP contribution in [0.3, 0.4) is 0 Å². The maximum Gasteiger partial charge on any atom is 0.189 e. The van der Waals surface area contributed by atoms with Crippen molar-refractivity contribution in [1.29, 1.82) is 0 Å². The van der Waals surface area contributed by atoms with Gasteiger partial charge in [0.1, 0.15) is 5.75 Å². The molecular formula is C25H31N3O2. The van der Waals surface area contributed by atoms with Crippen LogP contribution in [0.2, 0.25) is 0 Å². The minimum Gasteiger partial charge on any atom is -0.497 e. The third-order valence-corrected chi connectivity index (χ3v) is 6.06. The lowest BCUT2D eigenvalue weighted by Crippen LogP contribution is -2.48. The van der Waals surface area contributed by atoms with Crippen molar-refractivity contribution < 1.29 is 9.53 Å². The normalized spacial score (nSPS) is 18.3. The van der Waals surface area contributed by atoms with Crippen molar-refractivity contribution in [2.75, 3.05) is 65.4 Å². The molecule has 0 amide bonds. The number of carbonyl (C=O) groups is 1. The third kappa shape index (κ3) is 4.58. The zero-order valence-electron chi connectivity index (χ0n) is 18.2. The van der Waals surface area contributed by atoms with E-state index in [9.17, 15) is 4.79 Å². The molecule has 5 nitrogen and oxygen atoms in total. The first-order valence-electron chi connectivity index (χ1n) is 10.7. The lowest BCUT2D eigenvalue weighted by atomic mass is 10.1. The summed E-state index contributed by atoms with van der Waals surface area (Å²) >= 11 is 0. The summed E-state index contributed by atoms with van der Waals surface area (Å²) in [6.07, 6.45) is 2.69. The SMILES string of the molecule is COc1ccc2c(c1)C/C(=C/c1ccc(N3CCN(CCN(C)C)CC3)cc1)C2=O. The van der Waals surface area contributed by atoms with E-state index >= 15 is 0 Å². The number of nitrogens with zero attached hydrogens (tertiary/aromatic N) is 3. The summed E-state index contributed by atoms with van der Waals surface area (Å²) < 4.78 is 5.29. The van der Waals surface area contributed by atoms with Gasteiger partial charge in [-0.1, -0.05) is 12.1 Å². The molecule has 0 atom stereocenters. The van der Waals surface area contributed by atoms with Gasteiger partial charge in [-0.2, -0.15) is 0 Å². The smallest absolute Gasteiger partial charge is 0.189 e. The number of likely N-dealkylation sites (N-methyl/N-ethyl adjacent to an activating group) is 1. The number of fused-ring (bicyclic) bond motifs is 1. The molecule has 0 unspecified atom stereocenters. The van der Waals surface area contributed by atoms with Gasteiger partial charge in [-0.25, -0.2) is 0 Å². The van der Waals surface area contributed by atoms with Gasteiger partial charge in [-0.3, -0.25) is 9.69 Å². The molecule has 1 saturated heterocycles. The van der Waals surface area contributed by atoms with Crippen LogP contribution >= 0.6 is 0 Å². The molecule has 0 spiro atoms. The van der Waals surface area contributed by atoms with Crippen LogP contribution < -0.4 is 9.64 Å². The number of allylic oxidation sites excluding steroid dienone is 1. The van der Waals surface area contributed by atoms with Crippen LogP contribution in [-0.4, -0.2) is 76.1 Å². The van der Waals surface area contributed by atoms with Crippen LogP contribution in [0.15, 0.2) is 48.0 Å². The molecule has 2 aromatic rings. The van der Waals surface area contributed by atoms with Crippen molar-refractivity contribution in [3.8, 4) is 5.75 Å². The van der Waals surface area contributed by atoms with E-state index in [1.807, 2.05) is 24.3 Å². The summed E-state index contributed by atoms with van der Waals surface area (Å²) in [5.74, 6) is 0.930. The molecule has 1 fully saturated rings. The van der Waals surface area contributed by atoms with Gasteiger partial charge >= 0.3 is 0 Å². The van der Waals surface area contributed by atoms with Crippen molar-refractivity contribution >= 4 is 17.5 Å². The molecule has 2 aliphatic rings. The van der Waals surface area contributed by atoms with Gasteiger partial charge < -0.3 is 14.5 Å². The van der Waals surface area contributed by atoms with Crippen molar-refractivity contribution in [2.24, 2.45) is 0 Å². The summed E-state index contributed by atoms with van der Waals surface area (Å²) in [5.41, 5.74) is 5.03. The molecule has 2 aromatic carbocycles. The monoisotopic (exact) mass is 405 g/mol. The molecular weight excluding hydrogens is 374 g/mol. The predicted molar refractivity (Wildman–Crippen MR) is 123 cm³/mol. The largest absolute Gasteiger partial charge is 0.497 e. The highest BCUT2D eigenvalue weighted by Crippen LogP contribution is 2.31. The van der Waals surface area contributed by atoms with Gasteiger partial charge in [0.15, 0.2) is 5.78 Å². The Morgan fingerprint density at radius 1 is 1.03 bits per heavy atom. The maximum atomic E-state index is 12.7. The minimum absolute atomic E-state index is 0.130. The van der Waals surface area contributed by atoms with Crippen molar-refractivity contribution in [1.82, 2.24) is 9.80 Å². The number of hydrogen-bond acceptors (Lipinski definition) is 5. The number of Topliss-reactive ketones (excluding diaryl/α,β-unsaturated/α-hetero) is 1. The molecule has 158 valence electrons. The average molecular weight is 406 g/mol. The Morgan fingerprint density at radius 2 is 1.77 bits per heavy atom. The first-order valence-corrected chi connectivity index (χ1v) is 10.7. The van der Waals surface area contributed by atoms with Gasteiger partial charge in [0.25, 0.3) is 0 Å². The van der Waals surface area contributed by atoms with Crippen LogP contribution in [0.25, 0.3) is 6.08 Å². The number of piperazine rings is 1. The third-order valence-electron chi connectivity index (χ3n) is 6.06. The van der Waals surface area contributed by atoms with Crippen LogP contribution in [0, 0.1) is 0 Å². The van der Waals surface area contributed by atoms with E-state index in [4.69, 9.17) is 4.74 Å². The Hall–Kier alpha value is -2.63. The van der Waals surface area contributed by atoms with E-state index in [-0.39, 0.29) is 5.78 Å². The van der Waals surface area contributed by atoms with E-state index in [0.29, 0.717) is 6.42 Å².